The Kier molecular flexibility index (Phi) is 4.05. The Labute approximate surface area is 156 Å². The Morgan fingerprint density at radius 1 is 1.28 bits per heavy atom. The van der Waals surface area contributed by atoms with E-state index >= 15 is 0 Å². The highest BCUT2D eigenvalue weighted by Crippen LogP contribution is 2.33. The Bertz CT molecular complexity index is 1160. The molecule has 9 heteroatoms. The van der Waals surface area contributed by atoms with Crippen LogP contribution in [0, 0.1) is 13.8 Å². The van der Waals surface area contributed by atoms with Gasteiger partial charge >= 0.3 is 0 Å². The van der Waals surface area contributed by atoms with Crippen molar-refractivity contribution >= 4 is 56.1 Å². The number of thiophene rings is 1. The Morgan fingerprint density at radius 2 is 2.08 bits per heavy atom. The van der Waals surface area contributed by atoms with Gasteiger partial charge in [0.05, 0.1) is 21.2 Å². The van der Waals surface area contributed by atoms with Crippen LogP contribution in [0.5, 0.6) is 0 Å². The van der Waals surface area contributed by atoms with Crippen LogP contribution in [0.25, 0.3) is 21.4 Å². The van der Waals surface area contributed by atoms with Crippen molar-refractivity contribution in [1.29, 1.82) is 0 Å². The van der Waals surface area contributed by atoms with Crippen molar-refractivity contribution in [3.8, 4) is 0 Å². The zero-order valence-corrected chi connectivity index (χ0v) is 16.1. The highest BCUT2D eigenvalue weighted by Gasteiger charge is 2.17. The first-order valence-electron chi connectivity index (χ1n) is 7.60. The first kappa shape index (κ1) is 16.6. The molecular formula is C16H14ClN5OS2. The summed E-state index contributed by atoms with van der Waals surface area (Å²) in [6, 6.07) is 1.79. The van der Waals surface area contributed by atoms with Crippen LogP contribution in [0.4, 0.5) is 0 Å². The average Bonchev–Trinajstić information content (AvgIpc) is 3.07. The molecule has 0 saturated carbocycles. The molecule has 0 aliphatic carbocycles. The molecule has 1 atom stereocenters. The molecule has 6 nitrogen and oxygen atoms in total. The monoisotopic (exact) mass is 391 g/mol. The van der Waals surface area contributed by atoms with E-state index in [1.807, 2.05) is 20.8 Å². The third-order valence-electron chi connectivity index (χ3n) is 4.01. The van der Waals surface area contributed by atoms with Crippen molar-refractivity contribution in [2.24, 2.45) is 0 Å². The summed E-state index contributed by atoms with van der Waals surface area (Å²) in [6.45, 7) is 5.94. The summed E-state index contributed by atoms with van der Waals surface area (Å²) in [6.07, 6.45) is 1.57. The zero-order valence-electron chi connectivity index (χ0n) is 13.7. The minimum Gasteiger partial charge on any atom is -0.331 e. The fraction of sp³-hybridized carbons (Fsp3) is 0.250. The van der Waals surface area contributed by atoms with Crippen LogP contribution in [0.15, 0.2) is 22.2 Å². The maximum atomic E-state index is 12.4. The lowest BCUT2D eigenvalue weighted by atomic mass is 10.2. The molecule has 25 heavy (non-hydrogen) atoms. The fourth-order valence-corrected chi connectivity index (χ4v) is 4.66. The zero-order chi connectivity index (χ0) is 17.7. The molecule has 0 amide bonds. The van der Waals surface area contributed by atoms with Crippen LogP contribution in [-0.2, 0) is 0 Å². The van der Waals surface area contributed by atoms with Gasteiger partial charge in [0, 0.05) is 11.1 Å². The topological polar surface area (TPSA) is 87.3 Å². The predicted octanol–water partition coefficient (Wildman–Crippen LogP) is 4.38. The molecule has 0 spiro atoms. The minimum absolute atomic E-state index is 0.0733. The maximum absolute atomic E-state index is 12.4. The molecule has 0 radical (unpaired) electrons. The van der Waals surface area contributed by atoms with Gasteiger partial charge in [-0.1, -0.05) is 23.4 Å². The van der Waals surface area contributed by atoms with E-state index < -0.39 is 0 Å². The van der Waals surface area contributed by atoms with Crippen molar-refractivity contribution in [2.45, 2.75) is 31.2 Å². The van der Waals surface area contributed by atoms with E-state index in [1.165, 1.54) is 11.8 Å². The predicted molar refractivity (Wildman–Crippen MR) is 103 cm³/mol. The standard InChI is InChI=1S/C16H14ClN5OS2/c1-6-7(2)24-15-11(6)14(23)20-12(21-15)8(3)25-16-19-10-4-9(17)5-18-13(10)22-16/h4-5,8H,1-3H3,(H,18,19,22)(H,20,21,23)/t8-/m0/s1. The molecule has 2 N–H and O–H groups in total. The average molecular weight is 392 g/mol. The largest absolute Gasteiger partial charge is 0.331 e. The molecule has 0 aromatic carbocycles. The Balaban J connectivity index is 1.69. The fourth-order valence-electron chi connectivity index (χ4n) is 2.60. The van der Waals surface area contributed by atoms with Gasteiger partial charge in [0.2, 0.25) is 0 Å². The second-order valence-electron chi connectivity index (χ2n) is 5.74. The molecule has 4 aromatic rings. The highest BCUT2D eigenvalue weighted by molar-refractivity contribution is 7.99. The van der Waals surface area contributed by atoms with Crippen molar-refractivity contribution in [2.75, 3.05) is 0 Å². The van der Waals surface area contributed by atoms with E-state index in [9.17, 15) is 4.79 Å². The number of halogens is 1. The molecule has 0 aliphatic heterocycles. The molecule has 0 aliphatic rings. The second kappa shape index (κ2) is 6.12. The van der Waals surface area contributed by atoms with Gasteiger partial charge in [-0.2, -0.15) is 0 Å². The third kappa shape index (κ3) is 2.94. The van der Waals surface area contributed by atoms with Crippen LogP contribution in [0.3, 0.4) is 0 Å². The molecule has 0 unspecified atom stereocenters. The van der Waals surface area contributed by atoms with Crippen LogP contribution < -0.4 is 5.56 Å². The van der Waals surface area contributed by atoms with Gasteiger partial charge in [-0.3, -0.25) is 4.79 Å². The first-order chi connectivity index (χ1) is 11.9. The van der Waals surface area contributed by atoms with Crippen LogP contribution >= 0.6 is 34.7 Å². The number of aromatic amines is 2. The van der Waals surface area contributed by atoms with E-state index in [-0.39, 0.29) is 10.8 Å². The summed E-state index contributed by atoms with van der Waals surface area (Å²) in [5.74, 6) is 0.634. The maximum Gasteiger partial charge on any atom is 0.259 e. The quantitative estimate of drug-likeness (QED) is 0.506. The number of H-pyrrole nitrogens is 2. The molecule has 0 bridgehead atoms. The minimum atomic E-state index is -0.0904. The van der Waals surface area contributed by atoms with Gasteiger partial charge in [-0.15, -0.1) is 11.3 Å². The summed E-state index contributed by atoms with van der Waals surface area (Å²) in [4.78, 5) is 33.7. The number of nitrogens with one attached hydrogen (secondary N) is 2. The molecule has 0 saturated heterocycles. The normalized spacial score (nSPS) is 13.0. The number of pyridine rings is 1. The number of aromatic nitrogens is 5. The van der Waals surface area contributed by atoms with Crippen LogP contribution in [0.1, 0.15) is 28.4 Å². The van der Waals surface area contributed by atoms with Gasteiger partial charge in [-0.05, 0) is 32.4 Å². The summed E-state index contributed by atoms with van der Waals surface area (Å²) in [7, 11) is 0. The number of hydrogen-bond acceptors (Lipinski definition) is 6. The van der Waals surface area contributed by atoms with E-state index in [0.29, 0.717) is 27.0 Å². The Hall–Kier alpha value is -1.90. The number of fused-ring (bicyclic) bond motifs is 2. The van der Waals surface area contributed by atoms with Gasteiger partial charge in [0.15, 0.2) is 10.8 Å². The van der Waals surface area contributed by atoms with Gasteiger partial charge in [-0.25, -0.2) is 15.0 Å². The van der Waals surface area contributed by atoms with Crippen LogP contribution in [0.2, 0.25) is 5.02 Å². The summed E-state index contributed by atoms with van der Waals surface area (Å²) in [5, 5.41) is 1.88. The van der Waals surface area contributed by atoms with E-state index in [0.717, 1.165) is 20.8 Å². The molecule has 4 rings (SSSR count). The summed E-state index contributed by atoms with van der Waals surface area (Å²) >= 11 is 8.98. The number of nitrogens with zero attached hydrogens (tertiary/aromatic N) is 3. The van der Waals surface area contributed by atoms with Gasteiger partial charge in [0.1, 0.15) is 10.7 Å². The summed E-state index contributed by atoms with van der Waals surface area (Å²) in [5.41, 5.74) is 2.30. The van der Waals surface area contributed by atoms with Crippen molar-refractivity contribution < 1.29 is 0 Å². The molecule has 4 aromatic heterocycles. The lowest BCUT2D eigenvalue weighted by molar-refractivity contribution is 0.916. The second-order valence-corrected chi connectivity index (χ2v) is 8.71. The van der Waals surface area contributed by atoms with Crippen molar-refractivity contribution in [3.05, 3.63) is 43.9 Å². The number of hydrogen-bond donors (Lipinski definition) is 2. The first-order valence-corrected chi connectivity index (χ1v) is 9.67. The molecule has 0 fully saturated rings. The third-order valence-corrected chi connectivity index (χ3v) is 6.31. The highest BCUT2D eigenvalue weighted by atomic mass is 35.5. The van der Waals surface area contributed by atoms with Crippen molar-refractivity contribution in [3.63, 3.8) is 0 Å². The number of imidazole rings is 1. The lowest BCUT2D eigenvalue weighted by Crippen LogP contribution is -2.12. The SMILES string of the molecule is Cc1sc2nc([C@H](C)Sc3nc4ncc(Cl)cc4[nH]3)[nH]c(=O)c2c1C. The van der Waals surface area contributed by atoms with Gasteiger partial charge < -0.3 is 9.97 Å². The Morgan fingerprint density at radius 3 is 2.88 bits per heavy atom. The smallest absolute Gasteiger partial charge is 0.259 e. The lowest BCUT2D eigenvalue weighted by Gasteiger charge is -2.08. The number of aryl methyl sites for hydroxylation is 2. The van der Waals surface area contributed by atoms with Gasteiger partial charge in [0.25, 0.3) is 5.56 Å². The number of thioether (sulfide) groups is 1. The van der Waals surface area contributed by atoms with Crippen LogP contribution in [-0.4, -0.2) is 24.9 Å². The summed E-state index contributed by atoms with van der Waals surface area (Å²) < 4.78 is 0. The van der Waals surface area contributed by atoms with E-state index in [4.69, 9.17) is 11.6 Å². The molecule has 128 valence electrons. The van der Waals surface area contributed by atoms with E-state index in [1.54, 1.807) is 23.6 Å². The van der Waals surface area contributed by atoms with E-state index in [2.05, 4.69) is 24.9 Å². The molecular weight excluding hydrogens is 378 g/mol. The number of rotatable bonds is 3. The van der Waals surface area contributed by atoms with Crippen molar-refractivity contribution in [1.82, 2.24) is 24.9 Å². The molecule has 4 heterocycles.